The summed E-state index contributed by atoms with van der Waals surface area (Å²) in [4.78, 5) is 11.7. The van der Waals surface area contributed by atoms with Gasteiger partial charge >= 0.3 is 5.97 Å². The minimum atomic E-state index is -1.58. The molecule has 0 bridgehead atoms. The van der Waals surface area contributed by atoms with Crippen LogP contribution in [0.4, 0.5) is 0 Å². The van der Waals surface area contributed by atoms with E-state index in [2.05, 4.69) is 10.9 Å². The highest BCUT2D eigenvalue weighted by Crippen LogP contribution is 2.40. The molecule has 21 heavy (non-hydrogen) atoms. The Balaban J connectivity index is 1.96. The van der Waals surface area contributed by atoms with Crippen molar-refractivity contribution in [2.24, 2.45) is 5.92 Å². The Labute approximate surface area is 125 Å². The summed E-state index contributed by atoms with van der Waals surface area (Å²) in [5, 5.41) is 0. The number of hydrazine groups is 1. The summed E-state index contributed by atoms with van der Waals surface area (Å²) >= 11 is 0. The van der Waals surface area contributed by atoms with E-state index in [4.69, 9.17) is 9.47 Å². The molecule has 3 rings (SSSR count). The van der Waals surface area contributed by atoms with Gasteiger partial charge in [0.1, 0.15) is 0 Å². The molecule has 2 aliphatic rings. The van der Waals surface area contributed by atoms with Crippen LogP contribution in [0.25, 0.3) is 0 Å². The van der Waals surface area contributed by atoms with Gasteiger partial charge in [0.2, 0.25) is 11.2 Å². The molecule has 6 nitrogen and oxygen atoms in total. The van der Waals surface area contributed by atoms with Crippen LogP contribution in [0.3, 0.4) is 0 Å². The van der Waals surface area contributed by atoms with Gasteiger partial charge in [0.15, 0.2) is 0 Å². The van der Waals surface area contributed by atoms with Crippen LogP contribution < -0.4 is 10.9 Å². The Morgan fingerprint density at radius 2 is 2.14 bits per heavy atom. The van der Waals surface area contributed by atoms with E-state index in [9.17, 15) is 9.00 Å². The second-order valence-electron chi connectivity index (χ2n) is 5.16. The zero-order valence-corrected chi connectivity index (χ0v) is 12.7. The lowest BCUT2D eigenvalue weighted by Crippen LogP contribution is -2.54. The Bertz CT molecular complexity index is 577. The van der Waals surface area contributed by atoms with Gasteiger partial charge in [-0.05, 0) is 26.0 Å². The average Bonchev–Trinajstić information content (AvgIpc) is 3.01. The number of rotatable bonds is 4. The van der Waals surface area contributed by atoms with E-state index in [-0.39, 0.29) is 5.92 Å². The Hall–Kier alpha value is -1.28. The highest BCUT2D eigenvalue weighted by atomic mass is 32.2. The second-order valence-corrected chi connectivity index (χ2v) is 6.81. The summed E-state index contributed by atoms with van der Waals surface area (Å²) in [6, 6.07) is 7.31. The second kappa shape index (κ2) is 5.49. The molecule has 0 spiro atoms. The first-order valence-corrected chi connectivity index (χ1v) is 8.06. The molecule has 2 saturated heterocycles. The molecule has 1 aromatic rings. The van der Waals surface area contributed by atoms with Crippen molar-refractivity contribution < 1.29 is 18.5 Å². The van der Waals surface area contributed by atoms with Crippen molar-refractivity contribution in [1.29, 1.82) is 0 Å². The number of benzene rings is 1. The molecular formula is C14H18N2O4S. The Kier molecular flexibility index (Phi) is 3.83. The molecule has 7 heteroatoms. The molecule has 4 atom stereocenters. The van der Waals surface area contributed by atoms with Crippen molar-refractivity contribution in [3.05, 3.63) is 29.8 Å². The zero-order chi connectivity index (χ0) is 15.0. The van der Waals surface area contributed by atoms with Gasteiger partial charge in [-0.15, -0.1) is 0 Å². The fraction of sp³-hybridized carbons (Fsp3) is 0.500. The third-order valence-corrected chi connectivity index (χ3v) is 5.69. The number of aryl methyl sites for hydroxylation is 1. The van der Waals surface area contributed by atoms with Crippen LogP contribution in [0.15, 0.2) is 29.2 Å². The monoisotopic (exact) mass is 310 g/mol. The van der Waals surface area contributed by atoms with E-state index in [0.29, 0.717) is 18.0 Å². The molecule has 2 heterocycles. The number of cyclic esters (lactones) is 1. The Morgan fingerprint density at radius 3 is 2.81 bits per heavy atom. The minimum Gasteiger partial charge on any atom is -0.433 e. The van der Waals surface area contributed by atoms with Gasteiger partial charge in [0.05, 0.1) is 16.7 Å². The molecule has 114 valence electrons. The number of carbonyl (C=O) groups is 1. The van der Waals surface area contributed by atoms with Crippen LogP contribution in [0.5, 0.6) is 0 Å². The van der Waals surface area contributed by atoms with Gasteiger partial charge in [0, 0.05) is 18.0 Å². The van der Waals surface area contributed by atoms with Crippen molar-refractivity contribution >= 4 is 16.8 Å². The predicted molar refractivity (Wildman–Crippen MR) is 76.5 cm³/mol. The fourth-order valence-electron chi connectivity index (χ4n) is 2.72. The number of ether oxygens (including phenoxy) is 2. The highest BCUT2D eigenvalue weighted by molar-refractivity contribution is 7.87. The predicted octanol–water partition coefficient (Wildman–Crippen LogP) is 0.442. The smallest absolute Gasteiger partial charge is 0.344 e. The van der Waals surface area contributed by atoms with E-state index in [1.165, 1.54) is 0 Å². The van der Waals surface area contributed by atoms with Gasteiger partial charge < -0.3 is 9.47 Å². The number of fused-ring (bicyclic) bond motifs is 1. The van der Waals surface area contributed by atoms with Crippen molar-refractivity contribution in [3.63, 3.8) is 0 Å². The maximum absolute atomic E-state index is 13.0. The van der Waals surface area contributed by atoms with Gasteiger partial charge in [-0.2, -0.15) is 0 Å². The normalized spacial score (nSPS) is 32.8. The molecule has 0 radical (unpaired) electrons. The van der Waals surface area contributed by atoms with E-state index in [1.54, 1.807) is 12.1 Å². The van der Waals surface area contributed by atoms with Crippen LogP contribution in [0.1, 0.15) is 12.5 Å². The van der Waals surface area contributed by atoms with Gasteiger partial charge in [-0.1, -0.05) is 17.7 Å². The first kappa shape index (κ1) is 14.6. The lowest BCUT2D eigenvalue weighted by atomic mass is 10.0. The molecular weight excluding hydrogens is 292 g/mol. The number of esters is 1. The van der Waals surface area contributed by atoms with Crippen LogP contribution in [0, 0.1) is 12.8 Å². The molecule has 0 aromatic heterocycles. The maximum atomic E-state index is 13.0. The first-order valence-electron chi connectivity index (χ1n) is 6.91. The molecule has 1 unspecified atom stereocenters. The number of nitrogens with one attached hydrogen (secondary N) is 2. The van der Waals surface area contributed by atoms with E-state index < -0.39 is 27.9 Å². The van der Waals surface area contributed by atoms with Gasteiger partial charge in [-0.3, -0.25) is 9.63 Å². The SMILES string of the molecule is CCO[C@@H]1OC(=O)[C@@]2(S(=O)c3ccc(C)cc3)NNC[C@@H]12. The lowest BCUT2D eigenvalue weighted by Gasteiger charge is -2.23. The first-order chi connectivity index (χ1) is 10.1. The third kappa shape index (κ3) is 2.20. The quantitative estimate of drug-likeness (QED) is 0.786. The number of carbonyl (C=O) groups excluding carboxylic acids is 1. The summed E-state index contributed by atoms with van der Waals surface area (Å²) in [6.07, 6.45) is -0.667. The minimum absolute atomic E-state index is 0.327. The largest absolute Gasteiger partial charge is 0.433 e. The summed E-state index contributed by atoms with van der Waals surface area (Å²) in [5.74, 6) is -0.859. The standard InChI is InChI=1S/C14H18N2O4S/c1-3-19-12-11-8-15-16-14(11,13(17)20-12)21(18)10-6-4-9(2)5-7-10/h4-7,11-12,15-16H,3,8H2,1-2H3/t11-,12+,14+,21?/m0/s1. The lowest BCUT2D eigenvalue weighted by molar-refractivity contribution is -0.167. The van der Waals surface area contributed by atoms with E-state index >= 15 is 0 Å². The van der Waals surface area contributed by atoms with Crippen molar-refractivity contribution in [3.8, 4) is 0 Å². The van der Waals surface area contributed by atoms with Crippen molar-refractivity contribution in [2.45, 2.75) is 29.9 Å². The topological polar surface area (TPSA) is 76.7 Å². The average molecular weight is 310 g/mol. The molecule has 1 aromatic carbocycles. The Morgan fingerprint density at radius 1 is 1.43 bits per heavy atom. The highest BCUT2D eigenvalue weighted by Gasteiger charge is 2.65. The van der Waals surface area contributed by atoms with Crippen LogP contribution in [0.2, 0.25) is 0 Å². The molecule has 2 fully saturated rings. The number of hydrogen-bond acceptors (Lipinski definition) is 6. The summed E-state index contributed by atoms with van der Waals surface area (Å²) in [5.41, 5.74) is 6.87. The van der Waals surface area contributed by atoms with Crippen LogP contribution in [-0.4, -0.2) is 34.5 Å². The van der Waals surface area contributed by atoms with Gasteiger partial charge in [0.25, 0.3) is 0 Å². The molecule has 0 aliphatic carbocycles. The van der Waals surface area contributed by atoms with Gasteiger partial charge in [-0.25, -0.2) is 10.2 Å². The van der Waals surface area contributed by atoms with E-state index in [1.807, 2.05) is 26.0 Å². The fourth-order valence-corrected chi connectivity index (χ4v) is 4.30. The third-order valence-electron chi connectivity index (χ3n) is 3.83. The summed E-state index contributed by atoms with van der Waals surface area (Å²) in [7, 11) is -1.58. The maximum Gasteiger partial charge on any atom is 0.344 e. The number of hydrogen-bond donors (Lipinski definition) is 2. The van der Waals surface area contributed by atoms with Crippen LogP contribution >= 0.6 is 0 Å². The van der Waals surface area contributed by atoms with E-state index in [0.717, 1.165) is 5.56 Å². The summed E-state index contributed by atoms with van der Waals surface area (Å²) in [6.45, 7) is 4.69. The molecule has 0 amide bonds. The molecule has 2 aliphatic heterocycles. The molecule has 2 N–H and O–H groups in total. The van der Waals surface area contributed by atoms with Crippen molar-refractivity contribution in [1.82, 2.24) is 10.9 Å². The van der Waals surface area contributed by atoms with Crippen molar-refractivity contribution in [2.75, 3.05) is 13.2 Å². The van der Waals surface area contributed by atoms with Crippen LogP contribution in [-0.2, 0) is 25.1 Å². The zero-order valence-electron chi connectivity index (χ0n) is 11.9. The summed E-state index contributed by atoms with van der Waals surface area (Å²) < 4.78 is 23.7. The molecule has 0 saturated carbocycles.